The van der Waals surface area contributed by atoms with Gasteiger partial charge in [0.25, 0.3) is 0 Å². The molecule has 4 heteroatoms. The number of hydrogen-bond donors (Lipinski definition) is 1. The molecule has 2 rings (SSSR count). The first kappa shape index (κ1) is 13.0. The maximum absolute atomic E-state index is 12.2. The van der Waals surface area contributed by atoms with Gasteiger partial charge in [-0.05, 0) is 30.7 Å². The average Bonchev–Trinajstić information content (AvgIpc) is 2.54. The van der Waals surface area contributed by atoms with E-state index in [0.717, 1.165) is 11.4 Å². The molecule has 0 radical (unpaired) electrons. The Morgan fingerprint density at radius 2 is 1.56 bits per heavy atom. The SMILES string of the molecule is Cc1cc(C)nc(NC(=O)C2C(C)(C)C2(C)C)n1. The normalized spacial score (nSPS) is 20.6. The van der Waals surface area contributed by atoms with Crippen LogP contribution in [0.3, 0.4) is 0 Å². The summed E-state index contributed by atoms with van der Waals surface area (Å²) in [6.07, 6.45) is 0. The molecule has 1 N–H and O–H groups in total. The summed E-state index contributed by atoms with van der Waals surface area (Å²) in [6.45, 7) is 12.3. The van der Waals surface area contributed by atoms with Crippen LogP contribution in [0.4, 0.5) is 5.95 Å². The Morgan fingerprint density at radius 1 is 1.11 bits per heavy atom. The highest BCUT2D eigenvalue weighted by atomic mass is 16.2. The Kier molecular flexibility index (Phi) is 2.72. The highest BCUT2D eigenvalue weighted by Crippen LogP contribution is 2.68. The number of nitrogens with zero attached hydrogens (tertiary/aromatic N) is 2. The lowest BCUT2D eigenvalue weighted by molar-refractivity contribution is -0.118. The fourth-order valence-electron chi connectivity index (χ4n) is 2.82. The van der Waals surface area contributed by atoms with Crippen molar-refractivity contribution in [3.63, 3.8) is 0 Å². The molecule has 0 aliphatic heterocycles. The molecular weight excluding hydrogens is 226 g/mol. The number of anilines is 1. The highest BCUT2D eigenvalue weighted by Gasteiger charge is 2.68. The van der Waals surface area contributed by atoms with E-state index < -0.39 is 0 Å². The molecule has 1 aromatic rings. The molecule has 1 heterocycles. The van der Waals surface area contributed by atoms with E-state index in [1.807, 2.05) is 19.9 Å². The van der Waals surface area contributed by atoms with E-state index in [0.29, 0.717) is 5.95 Å². The zero-order valence-electron chi connectivity index (χ0n) is 12.0. The Bertz CT molecular complexity index is 472. The van der Waals surface area contributed by atoms with Crippen molar-refractivity contribution >= 4 is 11.9 Å². The van der Waals surface area contributed by atoms with E-state index in [-0.39, 0.29) is 22.7 Å². The van der Waals surface area contributed by atoms with Crippen molar-refractivity contribution in [2.24, 2.45) is 16.7 Å². The van der Waals surface area contributed by atoms with Crippen LogP contribution in [0, 0.1) is 30.6 Å². The number of amides is 1. The van der Waals surface area contributed by atoms with Gasteiger partial charge in [-0.15, -0.1) is 0 Å². The van der Waals surface area contributed by atoms with Crippen LogP contribution in [0.2, 0.25) is 0 Å². The van der Waals surface area contributed by atoms with Crippen LogP contribution < -0.4 is 5.32 Å². The van der Waals surface area contributed by atoms with Gasteiger partial charge in [0.1, 0.15) is 0 Å². The third-order valence-corrected chi connectivity index (χ3v) is 4.50. The summed E-state index contributed by atoms with van der Waals surface area (Å²) < 4.78 is 0. The molecule has 98 valence electrons. The molecule has 0 bridgehead atoms. The molecular formula is C14H21N3O. The number of nitrogens with one attached hydrogen (secondary N) is 1. The number of carbonyl (C=O) groups excluding carboxylic acids is 1. The van der Waals surface area contributed by atoms with Crippen molar-refractivity contribution in [2.75, 3.05) is 5.32 Å². The molecule has 1 aromatic heterocycles. The van der Waals surface area contributed by atoms with Crippen molar-refractivity contribution in [1.82, 2.24) is 9.97 Å². The first-order chi connectivity index (χ1) is 8.16. The van der Waals surface area contributed by atoms with Crippen LogP contribution in [-0.2, 0) is 4.79 Å². The van der Waals surface area contributed by atoms with Crippen LogP contribution >= 0.6 is 0 Å². The minimum absolute atomic E-state index is 0.0226. The van der Waals surface area contributed by atoms with Gasteiger partial charge in [0.15, 0.2) is 0 Å². The molecule has 18 heavy (non-hydrogen) atoms. The zero-order chi connectivity index (χ0) is 13.7. The Balaban J connectivity index is 2.14. The fourth-order valence-corrected chi connectivity index (χ4v) is 2.82. The summed E-state index contributed by atoms with van der Waals surface area (Å²) in [4.78, 5) is 20.7. The lowest BCUT2D eigenvalue weighted by Crippen LogP contribution is -2.19. The van der Waals surface area contributed by atoms with Crippen molar-refractivity contribution in [3.8, 4) is 0 Å². The summed E-state index contributed by atoms with van der Waals surface area (Å²) in [5.74, 6) is 0.459. The van der Waals surface area contributed by atoms with E-state index in [1.54, 1.807) is 0 Å². The van der Waals surface area contributed by atoms with E-state index in [4.69, 9.17) is 0 Å². The van der Waals surface area contributed by atoms with Gasteiger partial charge < -0.3 is 0 Å². The molecule has 4 nitrogen and oxygen atoms in total. The number of aryl methyl sites for hydroxylation is 2. The van der Waals surface area contributed by atoms with Gasteiger partial charge >= 0.3 is 0 Å². The van der Waals surface area contributed by atoms with Gasteiger partial charge in [-0.3, -0.25) is 10.1 Å². The molecule has 1 aliphatic rings. The number of hydrogen-bond acceptors (Lipinski definition) is 3. The topological polar surface area (TPSA) is 54.9 Å². The van der Waals surface area contributed by atoms with Crippen molar-refractivity contribution in [3.05, 3.63) is 17.5 Å². The zero-order valence-corrected chi connectivity index (χ0v) is 12.0. The average molecular weight is 247 g/mol. The maximum Gasteiger partial charge on any atom is 0.230 e. The summed E-state index contributed by atoms with van der Waals surface area (Å²) in [5.41, 5.74) is 1.81. The Labute approximate surface area is 108 Å². The van der Waals surface area contributed by atoms with Gasteiger partial charge in [-0.25, -0.2) is 9.97 Å². The van der Waals surface area contributed by atoms with Crippen LogP contribution in [0.1, 0.15) is 39.1 Å². The molecule has 1 saturated carbocycles. The largest absolute Gasteiger partial charge is 0.294 e. The second-order valence-corrected chi connectivity index (χ2v) is 6.34. The van der Waals surface area contributed by atoms with Crippen molar-refractivity contribution in [1.29, 1.82) is 0 Å². The minimum atomic E-state index is 0.0226. The highest BCUT2D eigenvalue weighted by molar-refractivity contribution is 5.94. The van der Waals surface area contributed by atoms with Gasteiger partial charge in [0, 0.05) is 17.3 Å². The van der Waals surface area contributed by atoms with Gasteiger partial charge in [-0.2, -0.15) is 0 Å². The maximum atomic E-state index is 12.2. The minimum Gasteiger partial charge on any atom is -0.294 e. The van der Waals surface area contributed by atoms with Gasteiger partial charge in [0.2, 0.25) is 11.9 Å². The number of carbonyl (C=O) groups is 1. The van der Waals surface area contributed by atoms with Crippen LogP contribution in [0.15, 0.2) is 6.07 Å². The standard InChI is InChI=1S/C14H21N3O/c1-8-7-9(2)16-12(15-8)17-11(18)10-13(3,4)14(10,5)6/h7,10H,1-6H3,(H,15,16,17,18). The van der Waals surface area contributed by atoms with Crippen LogP contribution in [0.25, 0.3) is 0 Å². The third-order valence-electron chi connectivity index (χ3n) is 4.50. The second kappa shape index (κ2) is 3.77. The lowest BCUT2D eigenvalue weighted by atomic mass is 10.0. The second-order valence-electron chi connectivity index (χ2n) is 6.34. The van der Waals surface area contributed by atoms with Gasteiger partial charge in [-0.1, -0.05) is 27.7 Å². The predicted octanol–water partition coefficient (Wildman–Crippen LogP) is 2.71. The fraction of sp³-hybridized carbons (Fsp3) is 0.643. The molecule has 0 atom stereocenters. The summed E-state index contributed by atoms with van der Waals surface area (Å²) in [7, 11) is 0. The first-order valence-corrected chi connectivity index (χ1v) is 6.29. The van der Waals surface area contributed by atoms with Crippen molar-refractivity contribution < 1.29 is 4.79 Å². The quantitative estimate of drug-likeness (QED) is 0.874. The van der Waals surface area contributed by atoms with Crippen LogP contribution in [-0.4, -0.2) is 15.9 Å². The van der Waals surface area contributed by atoms with Gasteiger partial charge in [0.05, 0.1) is 0 Å². The first-order valence-electron chi connectivity index (χ1n) is 6.29. The summed E-state index contributed by atoms with van der Waals surface area (Å²) in [6, 6.07) is 1.89. The summed E-state index contributed by atoms with van der Waals surface area (Å²) >= 11 is 0. The Hall–Kier alpha value is -1.45. The third kappa shape index (κ3) is 1.89. The van der Waals surface area contributed by atoms with E-state index >= 15 is 0 Å². The molecule has 0 saturated heterocycles. The number of rotatable bonds is 2. The molecule has 1 aliphatic carbocycles. The predicted molar refractivity (Wildman–Crippen MR) is 71.2 cm³/mol. The molecule has 1 fully saturated rings. The van der Waals surface area contributed by atoms with Crippen LogP contribution in [0.5, 0.6) is 0 Å². The molecule has 0 unspecified atom stereocenters. The smallest absolute Gasteiger partial charge is 0.230 e. The monoisotopic (exact) mass is 247 g/mol. The lowest BCUT2D eigenvalue weighted by Gasteiger charge is -2.06. The van der Waals surface area contributed by atoms with E-state index in [2.05, 4.69) is 43.0 Å². The van der Waals surface area contributed by atoms with E-state index in [1.165, 1.54) is 0 Å². The molecule has 0 aromatic carbocycles. The molecule has 1 amide bonds. The Morgan fingerprint density at radius 3 is 1.94 bits per heavy atom. The van der Waals surface area contributed by atoms with E-state index in [9.17, 15) is 4.79 Å². The van der Waals surface area contributed by atoms with Crippen molar-refractivity contribution in [2.45, 2.75) is 41.5 Å². The molecule has 0 spiro atoms. The summed E-state index contributed by atoms with van der Waals surface area (Å²) in [5, 5.41) is 2.84. The number of aromatic nitrogens is 2.